The third-order valence-corrected chi connectivity index (χ3v) is 6.20. The third-order valence-electron chi connectivity index (χ3n) is 6.20. The number of esters is 1. The predicted octanol–water partition coefficient (Wildman–Crippen LogP) is 5.40. The van der Waals surface area contributed by atoms with Crippen molar-refractivity contribution < 1.29 is 28.3 Å². The maximum atomic E-state index is 13.3. The first-order chi connectivity index (χ1) is 17.5. The monoisotopic (exact) mass is 486 g/mol. The number of hydrogen-bond donors (Lipinski definition) is 0. The Hall–Kier alpha value is -4.33. The number of allylic oxidation sites excluding steroid dienone is 1. The molecule has 2 heterocycles. The Balaban J connectivity index is 1.56. The first-order valence-electron chi connectivity index (χ1n) is 11.5. The molecule has 0 unspecified atom stereocenters. The van der Waals surface area contributed by atoms with E-state index in [0.717, 1.165) is 45.4 Å². The van der Waals surface area contributed by atoms with Crippen molar-refractivity contribution in [2.45, 2.75) is 26.4 Å². The largest absolute Gasteiger partial charge is 0.493 e. The fourth-order valence-electron chi connectivity index (χ4n) is 4.59. The van der Waals surface area contributed by atoms with Crippen molar-refractivity contribution in [3.05, 3.63) is 76.3 Å². The van der Waals surface area contributed by atoms with Gasteiger partial charge in [-0.25, -0.2) is 9.78 Å². The number of para-hydroxylation sites is 1. The highest BCUT2D eigenvalue weighted by Gasteiger charge is 2.28. The first kappa shape index (κ1) is 23.4. The highest BCUT2D eigenvalue weighted by atomic mass is 16.6. The van der Waals surface area contributed by atoms with Crippen molar-refractivity contribution in [3.8, 4) is 17.2 Å². The molecule has 8 heteroatoms. The lowest BCUT2D eigenvalue weighted by molar-refractivity contribution is 0.0438. The van der Waals surface area contributed by atoms with Gasteiger partial charge < -0.3 is 23.5 Å². The molecule has 36 heavy (non-hydrogen) atoms. The van der Waals surface area contributed by atoms with Crippen LogP contribution in [0.1, 0.15) is 45.1 Å². The van der Waals surface area contributed by atoms with Crippen LogP contribution in [0.4, 0.5) is 0 Å². The summed E-state index contributed by atoms with van der Waals surface area (Å²) in [4.78, 5) is 18.2. The molecule has 2 aromatic heterocycles. The van der Waals surface area contributed by atoms with Gasteiger partial charge in [0.1, 0.15) is 0 Å². The standard InChI is InChI=1S/C28H26N2O6/c1-16-11-19(36-30-16)15-35-28(31)25-20-7-5-6-8-22(20)29-26-18(9-10-21(25)26)12-17-13-23(32-2)27(34-4)24(14-17)33-3/h5-8,11-14H,9-10,15H2,1-4H3/b18-12+. The summed E-state index contributed by atoms with van der Waals surface area (Å²) in [5, 5.41) is 4.62. The van der Waals surface area contributed by atoms with Crippen molar-refractivity contribution in [3.63, 3.8) is 0 Å². The summed E-state index contributed by atoms with van der Waals surface area (Å²) in [6, 6.07) is 13.1. The number of pyridine rings is 1. The Bertz CT molecular complexity index is 1460. The Morgan fingerprint density at radius 3 is 2.44 bits per heavy atom. The van der Waals surface area contributed by atoms with Gasteiger partial charge in [-0.05, 0) is 60.7 Å². The van der Waals surface area contributed by atoms with Gasteiger partial charge in [-0.1, -0.05) is 23.4 Å². The molecule has 1 aliphatic carbocycles. The van der Waals surface area contributed by atoms with Gasteiger partial charge in [0.2, 0.25) is 5.75 Å². The van der Waals surface area contributed by atoms with Gasteiger partial charge >= 0.3 is 5.97 Å². The van der Waals surface area contributed by atoms with Crippen LogP contribution in [0.3, 0.4) is 0 Å². The zero-order chi connectivity index (χ0) is 25.2. The second kappa shape index (κ2) is 9.73. The normalized spacial score (nSPS) is 13.6. The number of carbonyl (C=O) groups is 1. The highest BCUT2D eigenvalue weighted by molar-refractivity contribution is 6.07. The molecule has 4 aromatic rings. The number of fused-ring (bicyclic) bond motifs is 2. The van der Waals surface area contributed by atoms with E-state index in [1.807, 2.05) is 49.4 Å². The SMILES string of the molecule is COc1cc(/C=C2\CCc3c2nc2ccccc2c3C(=O)OCc2cc(C)no2)cc(OC)c1OC. The average molecular weight is 487 g/mol. The molecule has 0 saturated heterocycles. The van der Waals surface area contributed by atoms with Crippen LogP contribution in [-0.2, 0) is 17.8 Å². The highest BCUT2D eigenvalue weighted by Crippen LogP contribution is 2.41. The predicted molar refractivity (Wildman–Crippen MR) is 134 cm³/mol. The molecule has 0 amide bonds. The summed E-state index contributed by atoms with van der Waals surface area (Å²) in [5.41, 5.74) is 5.59. The summed E-state index contributed by atoms with van der Waals surface area (Å²) in [6.07, 6.45) is 3.46. The second-order valence-corrected chi connectivity index (χ2v) is 8.47. The van der Waals surface area contributed by atoms with Crippen molar-refractivity contribution in [2.75, 3.05) is 21.3 Å². The number of methoxy groups -OCH3 is 3. The number of hydrogen-bond acceptors (Lipinski definition) is 8. The van der Waals surface area contributed by atoms with Crippen LogP contribution in [-0.4, -0.2) is 37.4 Å². The van der Waals surface area contributed by atoms with E-state index in [2.05, 4.69) is 5.16 Å². The lowest BCUT2D eigenvalue weighted by Crippen LogP contribution is -2.10. The minimum Gasteiger partial charge on any atom is -0.493 e. The summed E-state index contributed by atoms with van der Waals surface area (Å²) in [5.74, 6) is 1.76. The molecule has 0 spiro atoms. The molecule has 0 bridgehead atoms. The molecule has 0 saturated carbocycles. The van der Waals surface area contributed by atoms with Crippen LogP contribution in [0, 0.1) is 6.92 Å². The fourth-order valence-corrected chi connectivity index (χ4v) is 4.59. The number of ether oxygens (including phenoxy) is 4. The number of carbonyl (C=O) groups excluding carboxylic acids is 1. The van der Waals surface area contributed by atoms with E-state index in [0.29, 0.717) is 35.0 Å². The van der Waals surface area contributed by atoms with Crippen molar-refractivity contribution in [1.82, 2.24) is 10.1 Å². The Kier molecular flexibility index (Phi) is 6.33. The maximum absolute atomic E-state index is 13.3. The van der Waals surface area contributed by atoms with E-state index in [1.165, 1.54) is 0 Å². The third kappa shape index (κ3) is 4.26. The zero-order valence-electron chi connectivity index (χ0n) is 20.6. The van der Waals surface area contributed by atoms with Crippen molar-refractivity contribution in [1.29, 1.82) is 0 Å². The van der Waals surface area contributed by atoms with Crippen LogP contribution in [0.25, 0.3) is 22.6 Å². The quantitative estimate of drug-likeness (QED) is 0.321. The van der Waals surface area contributed by atoms with E-state index in [4.69, 9.17) is 28.5 Å². The molecule has 0 aliphatic heterocycles. The molecule has 8 nitrogen and oxygen atoms in total. The number of aromatic nitrogens is 2. The second-order valence-electron chi connectivity index (χ2n) is 8.47. The van der Waals surface area contributed by atoms with Gasteiger partial charge in [-0.2, -0.15) is 0 Å². The van der Waals surface area contributed by atoms with E-state index < -0.39 is 5.97 Å². The van der Waals surface area contributed by atoms with Crippen LogP contribution in [0.5, 0.6) is 17.2 Å². The lowest BCUT2D eigenvalue weighted by atomic mass is 10.0. The summed E-state index contributed by atoms with van der Waals surface area (Å²) in [7, 11) is 4.75. The molecule has 0 radical (unpaired) electrons. The molecule has 0 atom stereocenters. The van der Waals surface area contributed by atoms with Gasteiger partial charge in [0.25, 0.3) is 0 Å². The molecule has 0 fully saturated rings. The Labute approximate surface area is 208 Å². The van der Waals surface area contributed by atoms with Crippen LogP contribution < -0.4 is 14.2 Å². The van der Waals surface area contributed by atoms with Gasteiger partial charge in [-0.3, -0.25) is 0 Å². The molecule has 184 valence electrons. The van der Waals surface area contributed by atoms with Crippen molar-refractivity contribution >= 4 is 28.5 Å². The first-order valence-corrected chi connectivity index (χ1v) is 11.5. The minimum atomic E-state index is -0.409. The molecular formula is C28H26N2O6. The van der Waals surface area contributed by atoms with E-state index in [9.17, 15) is 4.79 Å². The lowest BCUT2D eigenvalue weighted by Gasteiger charge is -2.14. The van der Waals surface area contributed by atoms with E-state index in [1.54, 1.807) is 27.4 Å². The summed E-state index contributed by atoms with van der Waals surface area (Å²) < 4.78 is 27.3. The van der Waals surface area contributed by atoms with Crippen LogP contribution in [0.2, 0.25) is 0 Å². The molecular weight excluding hydrogens is 460 g/mol. The molecule has 5 rings (SSSR count). The smallest absolute Gasteiger partial charge is 0.339 e. The average Bonchev–Trinajstić information content (AvgIpc) is 3.50. The number of aryl methyl sites for hydroxylation is 1. The van der Waals surface area contributed by atoms with Crippen LogP contribution in [0.15, 0.2) is 47.0 Å². The van der Waals surface area contributed by atoms with Gasteiger partial charge in [0.05, 0.1) is 43.8 Å². The zero-order valence-corrected chi connectivity index (χ0v) is 20.6. The van der Waals surface area contributed by atoms with Crippen molar-refractivity contribution in [2.24, 2.45) is 0 Å². The summed E-state index contributed by atoms with van der Waals surface area (Å²) >= 11 is 0. The molecule has 0 N–H and O–H groups in total. The fraction of sp³-hybridized carbons (Fsp3) is 0.250. The maximum Gasteiger partial charge on any atom is 0.339 e. The van der Waals surface area contributed by atoms with Gasteiger partial charge in [0.15, 0.2) is 23.9 Å². The van der Waals surface area contributed by atoms with Gasteiger partial charge in [-0.15, -0.1) is 0 Å². The topological polar surface area (TPSA) is 92.9 Å². The van der Waals surface area contributed by atoms with E-state index in [-0.39, 0.29) is 6.61 Å². The molecule has 1 aliphatic rings. The Morgan fingerprint density at radius 2 is 1.78 bits per heavy atom. The van der Waals surface area contributed by atoms with Gasteiger partial charge in [0, 0.05) is 11.5 Å². The number of benzene rings is 2. The number of rotatable bonds is 7. The van der Waals surface area contributed by atoms with Crippen LogP contribution >= 0.6 is 0 Å². The molecule has 2 aromatic carbocycles. The number of nitrogens with zero attached hydrogens (tertiary/aromatic N) is 2. The van der Waals surface area contributed by atoms with E-state index >= 15 is 0 Å². The summed E-state index contributed by atoms with van der Waals surface area (Å²) in [6.45, 7) is 1.83. The minimum absolute atomic E-state index is 0.0131. The Morgan fingerprint density at radius 1 is 1.03 bits per heavy atom.